The zero-order valence-electron chi connectivity index (χ0n) is 24.3. The van der Waals surface area contributed by atoms with Gasteiger partial charge in [0.05, 0.1) is 23.1 Å². The average Bonchev–Trinajstić information content (AvgIpc) is 3.30. The number of aryl methyl sites for hydroxylation is 1. The van der Waals surface area contributed by atoms with Crippen molar-refractivity contribution in [1.29, 1.82) is 0 Å². The number of ether oxygens (including phenoxy) is 1. The lowest BCUT2D eigenvalue weighted by Crippen LogP contribution is -2.49. The number of piperazine rings is 1. The van der Waals surface area contributed by atoms with E-state index in [1.54, 1.807) is 11.8 Å². The maximum absolute atomic E-state index is 13.3. The van der Waals surface area contributed by atoms with Gasteiger partial charge < -0.3 is 19.4 Å². The van der Waals surface area contributed by atoms with Crippen molar-refractivity contribution in [2.24, 2.45) is 0 Å². The molecule has 0 unspecified atom stereocenters. The number of halogens is 6. The van der Waals surface area contributed by atoms with Gasteiger partial charge in [-0.25, -0.2) is 0 Å². The summed E-state index contributed by atoms with van der Waals surface area (Å²) in [7, 11) is 0. The van der Waals surface area contributed by atoms with Crippen LogP contribution in [-0.4, -0.2) is 65.6 Å². The van der Waals surface area contributed by atoms with Gasteiger partial charge in [0.1, 0.15) is 23.5 Å². The molecule has 9 nitrogen and oxygen atoms in total. The molecule has 1 amide bonds. The number of amides is 1. The van der Waals surface area contributed by atoms with Gasteiger partial charge in [-0.1, -0.05) is 0 Å². The Labute approximate surface area is 254 Å². The van der Waals surface area contributed by atoms with Gasteiger partial charge in [0.25, 0.3) is 5.69 Å². The van der Waals surface area contributed by atoms with Gasteiger partial charge in [0.15, 0.2) is 0 Å². The summed E-state index contributed by atoms with van der Waals surface area (Å²) in [5.41, 5.74) is -1.82. The lowest BCUT2D eigenvalue weighted by Gasteiger charge is -2.35. The van der Waals surface area contributed by atoms with Crippen LogP contribution in [0.3, 0.4) is 0 Å². The maximum atomic E-state index is 13.3. The number of rotatable bonds is 8. The topological polar surface area (TPSA) is 101 Å². The Balaban J connectivity index is 1.05. The molecule has 5 rings (SSSR count). The van der Waals surface area contributed by atoms with E-state index in [2.05, 4.69) is 10.2 Å². The predicted octanol–water partition coefficient (Wildman–Crippen LogP) is 6.77. The van der Waals surface area contributed by atoms with Crippen LogP contribution in [0.1, 0.15) is 48.1 Å². The van der Waals surface area contributed by atoms with Crippen molar-refractivity contribution in [2.75, 3.05) is 38.1 Å². The van der Waals surface area contributed by atoms with Crippen LogP contribution in [0.4, 0.5) is 37.7 Å². The van der Waals surface area contributed by atoms with E-state index in [1.807, 2.05) is 0 Å². The van der Waals surface area contributed by atoms with Crippen LogP contribution in [0.15, 0.2) is 40.8 Å². The van der Waals surface area contributed by atoms with Crippen LogP contribution >= 0.6 is 0 Å². The quantitative estimate of drug-likeness (QED) is 0.164. The number of carbonyl (C=O) groups excluding carboxylic acids is 1. The number of hydrogen-bond donors (Lipinski definition) is 1. The minimum absolute atomic E-state index is 0.0930. The fraction of sp³-hybridized carbons (Fsp3) is 0.500. The van der Waals surface area contributed by atoms with E-state index >= 15 is 0 Å². The Kier molecular flexibility index (Phi) is 9.31. The lowest BCUT2D eigenvalue weighted by atomic mass is 9.92. The molecule has 0 bridgehead atoms. The van der Waals surface area contributed by atoms with Gasteiger partial charge in [0.2, 0.25) is 5.91 Å². The summed E-state index contributed by atoms with van der Waals surface area (Å²) in [6.45, 7) is 4.11. The standard InChI is InChI=1S/C30H32F6N4O5/c1-18-23-14-19(29(31,32)33)2-9-26(23)45-27(18)16-38-10-12-39(13-11-38)28(41)17-44-22-6-3-20(4-7-22)37-21-5-8-25(40(42)43)24(15-21)30(34,35)36/h2,5,8-9,14-15,20,22,37H,3-4,6-7,10-13,16-17H2,1H3. The van der Waals surface area contributed by atoms with E-state index in [0.29, 0.717) is 80.7 Å². The highest BCUT2D eigenvalue weighted by molar-refractivity contribution is 5.83. The Hall–Kier alpha value is -3.85. The van der Waals surface area contributed by atoms with E-state index in [9.17, 15) is 41.3 Å². The smallest absolute Gasteiger partial charge is 0.423 e. The normalized spacial score (nSPS) is 20.0. The molecular formula is C30H32F6N4O5. The van der Waals surface area contributed by atoms with E-state index in [-0.39, 0.29) is 30.3 Å². The van der Waals surface area contributed by atoms with Gasteiger partial charge >= 0.3 is 12.4 Å². The molecule has 3 aromatic rings. The molecule has 2 heterocycles. The SMILES string of the molecule is Cc1c(CN2CCN(C(=O)COC3CCC(Nc4ccc([N+](=O)[O-])c(C(F)(F)F)c4)CC3)CC2)oc2ccc(C(F)(F)F)cc12. The fourth-order valence-electron chi connectivity index (χ4n) is 5.86. The second-order valence-electron chi connectivity index (χ2n) is 11.4. The lowest BCUT2D eigenvalue weighted by molar-refractivity contribution is -0.388. The third kappa shape index (κ3) is 7.69. The van der Waals surface area contributed by atoms with Crippen molar-refractivity contribution in [3.05, 3.63) is 69.0 Å². The summed E-state index contributed by atoms with van der Waals surface area (Å²) >= 11 is 0. The van der Waals surface area contributed by atoms with Gasteiger partial charge in [-0.05, 0) is 68.5 Å². The summed E-state index contributed by atoms with van der Waals surface area (Å²) in [5.74, 6) is 0.437. The van der Waals surface area contributed by atoms with Gasteiger partial charge in [0, 0.05) is 49.4 Å². The average molecular weight is 643 g/mol. The highest BCUT2D eigenvalue weighted by atomic mass is 19.4. The molecule has 0 atom stereocenters. The number of carbonyl (C=O) groups is 1. The first-order chi connectivity index (χ1) is 21.2. The molecular weight excluding hydrogens is 610 g/mol. The first-order valence-electron chi connectivity index (χ1n) is 14.5. The van der Waals surface area contributed by atoms with Crippen molar-refractivity contribution in [2.45, 2.75) is 63.7 Å². The summed E-state index contributed by atoms with van der Waals surface area (Å²) in [6, 6.07) is 6.16. The van der Waals surface area contributed by atoms with Gasteiger partial charge in [-0.15, -0.1) is 0 Å². The van der Waals surface area contributed by atoms with Crippen LogP contribution < -0.4 is 5.32 Å². The number of fused-ring (bicyclic) bond motifs is 1. The monoisotopic (exact) mass is 642 g/mol. The Morgan fingerprint density at radius 2 is 1.69 bits per heavy atom. The van der Waals surface area contributed by atoms with Crippen LogP contribution in [0, 0.1) is 17.0 Å². The minimum atomic E-state index is -4.86. The van der Waals surface area contributed by atoms with Crippen LogP contribution in [0.2, 0.25) is 0 Å². The van der Waals surface area contributed by atoms with E-state index in [1.165, 1.54) is 12.1 Å². The molecule has 45 heavy (non-hydrogen) atoms. The van der Waals surface area contributed by atoms with Gasteiger partial charge in [-0.3, -0.25) is 19.8 Å². The fourth-order valence-corrected chi connectivity index (χ4v) is 5.86. The van der Waals surface area contributed by atoms with Crippen LogP contribution in [0.25, 0.3) is 11.0 Å². The third-order valence-corrected chi connectivity index (χ3v) is 8.44. The summed E-state index contributed by atoms with van der Waals surface area (Å²) in [5, 5.41) is 14.4. The summed E-state index contributed by atoms with van der Waals surface area (Å²) in [4.78, 5) is 26.5. The number of nitrogens with one attached hydrogen (secondary N) is 1. The number of benzene rings is 2. The maximum Gasteiger partial charge on any atom is 0.423 e. The Morgan fingerprint density at radius 3 is 2.31 bits per heavy atom. The Bertz CT molecular complexity index is 1540. The van der Waals surface area contributed by atoms with Crippen molar-refractivity contribution in [1.82, 2.24) is 9.80 Å². The highest BCUT2D eigenvalue weighted by Crippen LogP contribution is 2.38. The van der Waals surface area contributed by atoms with Crippen LogP contribution in [-0.2, 0) is 28.4 Å². The molecule has 1 N–H and O–H groups in total. The Morgan fingerprint density at radius 1 is 1.00 bits per heavy atom. The molecule has 1 aliphatic carbocycles. The highest BCUT2D eigenvalue weighted by Gasteiger charge is 2.39. The molecule has 1 saturated carbocycles. The third-order valence-electron chi connectivity index (χ3n) is 8.44. The molecule has 1 saturated heterocycles. The molecule has 2 aromatic carbocycles. The second kappa shape index (κ2) is 12.9. The van der Waals surface area contributed by atoms with E-state index in [4.69, 9.17) is 9.15 Å². The minimum Gasteiger partial charge on any atom is -0.459 e. The zero-order valence-corrected chi connectivity index (χ0v) is 24.3. The molecule has 2 fully saturated rings. The molecule has 1 aromatic heterocycles. The zero-order chi connectivity index (χ0) is 32.5. The molecule has 15 heteroatoms. The molecule has 2 aliphatic rings. The van der Waals surface area contributed by atoms with Gasteiger partial charge in [-0.2, -0.15) is 26.3 Å². The number of hydrogen-bond acceptors (Lipinski definition) is 7. The molecule has 244 valence electrons. The van der Waals surface area contributed by atoms with Crippen molar-refractivity contribution in [3.63, 3.8) is 0 Å². The number of alkyl halides is 6. The molecule has 0 radical (unpaired) electrons. The number of nitro benzene ring substituents is 1. The van der Waals surface area contributed by atoms with E-state index in [0.717, 1.165) is 24.3 Å². The first-order valence-corrected chi connectivity index (χ1v) is 14.5. The number of nitrogens with zero attached hydrogens (tertiary/aromatic N) is 3. The molecule has 0 spiro atoms. The van der Waals surface area contributed by atoms with Crippen LogP contribution in [0.5, 0.6) is 0 Å². The van der Waals surface area contributed by atoms with Crippen molar-refractivity contribution in [3.8, 4) is 0 Å². The number of anilines is 1. The predicted molar refractivity (Wildman–Crippen MR) is 152 cm³/mol. The summed E-state index contributed by atoms with van der Waals surface area (Å²) < 4.78 is 90.9. The summed E-state index contributed by atoms with van der Waals surface area (Å²) in [6.07, 6.45) is -7.09. The van der Waals surface area contributed by atoms with E-state index < -0.39 is 34.1 Å². The number of furan rings is 1. The molecule has 1 aliphatic heterocycles. The van der Waals surface area contributed by atoms with Crippen molar-refractivity contribution < 1.29 is 45.2 Å². The second-order valence-corrected chi connectivity index (χ2v) is 11.4. The number of nitro groups is 1. The van der Waals surface area contributed by atoms with Crippen molar-refractivity contribution >= 4 is 28.3 Å². The first kappa shape index (κ1) is 32.5. The largest absolute Gasteiger partial charge is 0.459 e.